The van der Waals surface area contributed by atoms with Gasteiger partial charge < -0.3 is 14.2 Å². The zero-order chi connectivity index (χ0) is 29.1. The molecule has 2 heterocycles. The molecule has 0 saturated carbocycles. The van der Waals surface area contributed by atoms with Gasteiger partial charge >= 0.3 is 5.97 Å². The van der Waals surface area contributed by atoms with E-state index in [4.69, 9.17) is 19.2 Å². The normalized spacial score (nSPS) is 14.9. The summed E-state index contributed by atoms with van der Waals surface area (Å²) >= 11 is 8.36. The first-order valence-corrected chi connectivity index (χ1v) is 15.2. The summed E-state index contributed by atoms with van der Waals surface area (Å²) < 4.78 is 20.6. The largest absolute Gasteiger partial charge is 0.493 e. The number of esters is 1. The monoisotopic (exact) mass is 696 g/mol. The minimum atomic E-state index is -0.649. The van der Waals surface area contributed by atoms with Gasteiger partial charge in [0.25, 0.3) is 5.56 Å². The van der Waals surface area contributed by atoms with Gasteiger partial charge in [-0.05, 0) is 53.5 Å². The van der Waals surface area contributed by atoms with Crippen molar-refractivity contribution in [3.63, 3.8) is 0 Å². The van der Waals surface area contributed by atoms with E-state index in [-0.39, 0.29) is 5.56 Å². The van der Waals surface area contributed by atoms with Crippen molar-refractivity contribution in [1.82, 2.24) is 4.57 Å². The fourth-order valence-electron chi connectivity index (χ4n) is 4.63. The lowest BCUT2D eigenvalue weighted by atomic mass is 9.95. The smallest absolute Gasteiger partial charge is 0.338 e. The van der Waals surface area contributed by atoms with Crippen LogP contribution in [0.15, 0.2) is 96.7 Å². The van der Waals surface area contributed by atoms with E-state index in [1.54, 1.807) is 17.8 Å². The predicted molar refractivity (Wildman–Crippen MR) is 166 cm³/mol. The van der Waals surface area contributed by atoms with Crippen molar-refractivity contribution in [2.75, 3.05) is 14.2 Å². The minimum absolute atomic E-state index is 0.249. The molecule has 41 heavy (non-hydrogen) atoms. The van der Waals surface area contributed by atoms with Crippen LogP contribution in [0.3, 0.4) is 0 Å². The second-order valence-corrected chi connectivity index (χ2v) is 11.9. The van der Waals surface area contributed by atoms with Gasteiger partial charge in [-0.3, -0.25) is 9.36 Å². The Balaban J connectivity index is 1.58. The summed E-state index contributed by atoms with van der Waals surface area (Å²) in [5.74, 6) is 0.605. The number of carbonyl (C=O) groups is 1. The average molecular weight is 698 g/mol. The Labute approximate surface area is 257 Å². The lowest BCUT2D eigenvalue weighted by Crippen LogP contribution is -2.40. The molecule has 0 N–H and O–H groups in total. The topological polar surface area (TPSA) is 79.1 Å². The van der Waals surface area contributed by atoms with Crippen molar-refractivity contribution < 1.29 is 19.0 Å². The molecule has 1 aliphatic heterocycles. The number of methoxy groups -OCH3 is 2. The highest BCUT2D eigenvalue weighted by Gasteiger charge is 2.33. The molecule has 0 aliphatic carbocycles. The van der Waals surface area contributed by atoms with E-state index >= 15 is 0 Å². The summed E-state index contributed by atoms with van der Waals surface area (Å²) in [6.45, 7) is 2.30. The van der Waals surface area contributed by atoms with E-state index in [9.17, 15) is 9.59 Å². The molecule has 0 radical (unpaired) electrons. The lowest BCUT2D eigenvalue weighted by Gasteiger charge is -2.25. The molecule has 0 fully saturated rings. The molecular weight excluding hydrogens is 672 g/mol. The Kier molecular flexibility index (Phi) is 8.91. The van der Waals surface area contributed by atoms with E-state index < -0.39 is 12.0 Å². The molecule has 7 nitrogen and oxygen atoms in total. The summed E-state index contributed by atoms with van der Waals surface area (Å²) in [4.78, 5) is 32.1. The highest BCUT2D eigenvalue weighted by molar-refractivity contribution is 9.10. The summed E-state index contributed by atoms with van der Waals surface area (Å²) in [5, 5.41) is 0. The Morgan fingerprint density at radius 3 is 2.44 bits per heavy atom. The van der Waals surface area contributed by atoms with Crippen LogP contribution in [0.1, 0.15) is 36.1 Å². The van der Waals surface area contributed by atoms with Crippen molar-refractivity contribution >= 4 is 55.2 Å². The predicted octanol–water partition coefficient (Wildman–Crippen LogP) is 5.91. The summed E-state index contributed by atoms with van der Waals surface area (Å²) in [7, 11) is 2.92. The fraction of sp³-hybridized carbons (Fsp3) is 0.194. The van der Waals surface area contributed by atoms with Gasteiger partial charge in [0.05, 0.1) is 36.1 Å². The quantitative estimate of drug-likeness (QED) is 0.214. The van der Waals surface area contributed by atoms with E-state index in [0.717, 1.165) is 25.6 Å². The number of aromatic nitrogens is 1. The number of allylic oxidation sites excluding steroid dienone is 1. The number of nitrogens with zero attached hydrogens (tertiary/aromatic N) is 2. The lowest BCUT2D eigenvalue weighted by molar-refractivity contribution is -0.136. The molecular formula is C31H26Br2N2O5S. The summed E-state index contributed by atoms with van der Waals surface area (Å²) in [6, 6.07) is 20.4. The Morgan fingerprint density at radius 2 is 1.78 bits per heavy atom. The van der Waals surface area contributed by atoms with Gasteiger partial charge in [0.1, 0.15) is 6.61 Å². The zero-order valence-corrected chi connectivity index (χ0v) is 26.5. The van der Waals surface area contributed by atoms with Gasteiger partial charge in [0, 0.05) is 8.95 Å². The summed E-state index contributed by atoms with van der Waals surface area (Å²) in [6.07, 6.45) is 2.31. The summed E-state index contributed by atoms with van der Waals surface area (Å²) in [5.41, 5.74) is 3.28. The van der Waals surface area contributed by atoms with Crippen LogP contribution in [-0.4, -0.2) is 24.8 Å². The second kappa shape index (κ2) is 12.6. The van der Waals surface area contributed by atoms with Crippen LogP contribution in [0.25, 0.3) is 6.08 Å². The SMILES string of the molecule is CCC1=C(C(=O)OC)[C@@H](c2ccccc2)n2c(s/c(=C\c3cc(OC)c(OCc4ccc(Br)cc4)cc3Br)c2=O)=N1. The molecule has 0 spiro atoms. The zero-order valence-electron chi connectivity index (χ0n) is 22.5. The van der Waals surface area contributed by atoms with Gasteiger partial charge in [-0.2, -0.15) is 0 Å². The van der Waals surface area contributed by atoms with E-state index in [1.807, 2.05) is 73.7 Å². The number of halogens is 2. The molecule has 0 amide bonds. The van der Waals surface area contributed by atoms with E-state index in [0.29, 0.717) is 45.1 Å². The molecule has 1 atom stereocenters. The molecule has 5 rings (SSSR count). The maximum atomic E-state index is 13.9. The van der Waals surface area contributed by atoms with Crippen LogP contribution in [0.5, 0.6) is 11.5 Å². The molecule has 1 aromatic heterocycles. The van der Waals surface area contributed by atoms with Gasteiger partial charge in [-0.1, -0.05) is 92.6 Å². The molecule has 210 valence electrons. The number of ether oxygens (including phenoxy) is 3. The fourth-order valence-corrected chi connectivity index (χ4v) is 6.34. The molecule has 0 saturated heterocycles. The maximum Gasteiger partial charge on any atom is 0.338 e. The first-order valence-electron chi connectivity index (χ1n) is 12.8. The van der Waals surface area contributed by atoms with Gasteiger partial charge in [-0.15, -0.1) is 0 Å². The van der Waals surface area contributed by atoms with Crippen molar-refractivity contribution in [2.24, 2.45) is 4.99 Å². The van der Waals surface area contributed by atoms with Crippen molar-refractivity contribution in [3.05, 3.63) is 123 Å². The Hall–Kier alpha value is -3.47. The number of hydrogen-bond donors (Lipinski definition) is 0. The minimum Gasteiger partial charge on any atom is -0.493 e. The molecule has 3 aromatic carbocycles. The van der Waals surface area contributed by atoms with Gasteiger partial charge in [-0.25, -0.2) is 9.79 Å². The van der Waals surface area contributed by atoms with Crippen molar-refractivity contribution in [1.29, 1.82) is 0 Å². The van der Waals surface area contributed by atoms with E-state index in [1.165, 1.54) is 18.4 Å². The van der Waals surface area contributed by atoms with Crippen LogP contribution in [0.4, 0.5) is 0 Å². The van der Waals surface area contributed by atoms with Crippen molar-refractivity contribution in [2.45, 2.75) is 26.0 Å². The highest BCUT2D eigenvalue weighted by Crippen LogP contribution is 2.35. The third-order valence-corrected chi connectivity index (χ3v) is 8.84. The molecule has 1 aliphatic rings. The van der Waals surface area contributed by atoms with Crippen LogP contribution in [-0.2, 0) is 16.1 Å². The molecule has 0 bridgehead atoms. The van der Waals surface area contributed by atoms with E-state index in [2.05, 4.69) is 31.9 Å². The number of fused-ring (bicyclic) bond motifs is 1. The van der Waals surface area contributed by atoms with Crippen LogP contribution in [0.2, 0.25) is 0 Å². The molecule has 0 unspecified atom stereocenters. The second-order valence-electron chi connectivity index (χ2n) is 9.14. The molecule has 10 heteroatoms. The van der Waals surface area contributed by atoms with Crippen molar-refractivity contribution in [3.8, 4) is 11.5 Å². The Bertz CT molecular complexity index is 1810. The highest BCUT2D eigenvalue weighted by atomic mass is 79.9. The number of carbonyl (C=O) groups excluding carboxylic acids is 1. The average Bonchev–Trinajstić information content (AvgIpc) is 3.31. The van der Waals surface area contributed by atoms with Gasteiger partial charge in [0.2, 0.25) is 0 Å². The number of rotatable bonds is 8. The first-order chi connectivity index (χ1) is 19.8. The van der Waals surface area contributed by atoms with Gasteiger partial charge in [0.15, 0.2) is 16.3 Å². The number of benzene rings is 3. The Morgan fingerprint density at radius 1 is 1.05 bits per heavy atom. The van der Waals surface area contributed by atoms with Crippen LogP contribution >= 0.6 is 43.2 Å². The van der Waals surface area contributed by atoms with Crippen LogP contribution < -0.4 is 24.4 Å². The third-order valence-electron chi connectivity index (χ3n) is 6.64. The third kappa shape index (κ3) is 5.95. The standard InChI is InChI=1S/C31H26Br2N2O5S/c1-4-23-27(30(37)39-3)28(19-8-6-5-7-9-19)35-29(36)26(41-31(35)34-23)15-20-14-24(38-2)25(16-22(20)33)40-17-18-10-12-21(32)13-11-18/h5-16,28H,4,17H2,1-3H3/b26-15-/t28-/m1/s1. The number of thiazole rings is 1. The maximum absolute atomic E-state index is 13.9. The molecule has 4 aromatic rings. The van der Waals surface area contributed by atoms with Crippen LogP contribution in [0, 0.1) is 0 Å². The number of hydrogen-bond acceptors (Lipinski definition) is 7. The first kappa shape index (κ1) is 29.0.